The topological polar surface area (TPSA) is 75.7 Å². The maximum absolute atomic E-state index is 13.1. The van der Waals surface area contributed by atoms with Crippen LogP contribution in [0.15, 0.2) is 59.5 Å². The Hall–Kier alpha value is -2.38. The fourth-order valence-electron chi connectivity index (χ4n) is 4.00. The lowest BCUT2D eigenvalue weighted by Crippen LogP contribution is -2.46. The molecule has 7 heteroatoms. The molecule has 1 saturated heterocycles. The summed E-state index contributed by atoms with van der Waals surface area (Å²) < 4.78 is 32.7. The minimum atomic E-state index is -3.66. The zero-order chi connectivity index (χ0) is 22.4. The van der Waals surface area contributed by atoms with E-state index in [4.69, 9.17) is 4.74 Å². The van der Waals surface area contributed by atoms with Crippen molar-refractivity contribution in [1.82, 2.24) is 9.62 Å². The molecule has 2 aromatic carbocycles. The van der Waals surface area contributed by atoms with E-state index in [-0.39, 0.29) is 29.3 Å². The van der Waals surface area contributed by atoms with E-state index in [1.165, 1.54) is 4.31 Å². The summed E-state index contributed by atoms with van der Waals surface area (Å²) in [6.07, 6.45) is 2.17. The molecule has 0 radical (unpaired) electrons. The summed E-state index contributed by atoms with van der Waals surface area (Å²) in [5, 5.41) is 3.18. The third-order valence-electron chi connectivity index (χ3n) is 5.68. The van der Waals surface area contributed by atoms with Crippen molar-refractivity contribution in [3.63, 3.8) is 0 Å². The number of rotatable bonds is 8. The molecule has 6 nitrogen and oxygen atoms in total. The van der Waals surface area contributed by atoms with Crippen LogP contribution in [0.5, 0.6) is 5.75 Å². The molecular formula is C24H32N2O4S. The summed E-state index contributed by atoms with van der Waals surface area (Å²) in [7, 11) is -2.11. The third-order valence-corrected chi connectivity index (χ3v) is 7.56. The molecule has 1 amide bonds. The summed E-state index contributed by atoms with van der Waals surface area (Å²) >= 11 is 0. The summed E-state index contributed by atoms with van der Waals surface area (Å²) in [6.45, 7) is 4.88. The van der Waals surface area contributed by atoms with Crippen molar-refractivity contribution in [2.45, 2.75) is 44.0 Å². The number of ether oxygens (including phenoxy) is 1. The highest BCUT2D eigenvalue weighted by Crippen LogP contribution is 2.27. The first-order valence-corrected chi connectivity index (χ1v) is 12.2. The Balaban J connectivity index is 1.71. The number of amides is 1. The molecule has 1 N–H and O–H groups in total. The monoisotopic (exact) mass is 444 g/mol. The standard InChI is InChI=1S/C24H32N2O4S/c1-18(2)16-23(19-8-5-4-6-9-19)25-24(27)20-10-7-15-26(17-20)31(28,29)22-13-11-21(30-3)12-14-22/h4-6,8-9,11-14,18,20,23H,7,10,15-17H2,1-3H3,(H,25,27)/t20-,23+/m1/s1. The van der Waals surface area contributed by atoms with E-state index in [1.807, 2.05) is 30.3 Å². The second kappa shape index (κ2) is 10.3. The summed E-state index contributed by atoms with van der Waals surface area (Å²) in [5.41, 5.74) is 1.07. The average Bonchev–Trinajstić information content (AvgIpc) is 2.79. The molecule has 168 valence electrons. The predicted molar refractivity (Wildman–Crippen MR) is 121 cm³/mol. The highest BCUT2D eigenvalue weighted by molar-refractivity contribution is 7.89. The van der Waals surface area contributed by atoms with E-state index in [0.717, 1.165) is 12.0 Å². The highest BCUT2D eigenvalue weighted by Gasteiger charge is 2.34. The number of hydrogen-bond donors (Lipinski definition) is 1. The first-order valence-electron chi connectivity index (χ1n) is 10.8. The van der Waals surface area contributed by atoms with Crippen LogP contribution in [-0.4, -0.2) is 38.8 Å². The molecule has 0 aromatic heterocycles. The van der Waals surface area contributed by atoms with Gasteiger partial charge in [-0.05, 0) is 55.0 Å². The number of sulfonamides is 1. The van der Waals surface area contributed by atoms with Gasteiger partial charge in [0.25, 0.3) is 0 Å². The van der Waals surface area contributed by atoms with Gasteiger partial charge < -0.3 is 10.1 Å². The number of methoxy groups -OCH3 is 1. The maximum atomic E-state index is 13.1. The first kappa shape index (κ1) is 23.3. The maximum Gasteiger partial charge on any atom is 0.243 e. The van der Waals surface area contributed by atoms with Gasteiger partial charge in [-0.25, -0.2) is 8.42 Å². The molecular weight excluding hydrogens is 412 g/mol. The Labute approximate surface area is 185 Å². The van der Waals surface area contributed by atoms with Crippen LogP contribution in [0.25, 0.3) is 0 Å². The van der Waals surface area contributed by atoms with E-state index >= 15 is 0 Å². The lowest BCUT2D eigenvalue weighted by molar-refractivity contribution is -0.127. The van der Waals surface area contributed by atoms with Crippen molar-refractivity contribution in [1.29, 1.82) is 0 Å². The van der Waals surface area contributed by atoms with Gasteiger partial charge in [0.2, 0.25) is 15.9 Å². The highest BCUT2D eigenvalue weighted by atomic mass is 32.2. The third kappa shape index (κ3) is 5.86. The molecule has 0 saturated carbocycles. The van der Waals surface area contributed by atoms with Crippen LogP contribution in [0.1, 0.15) is 44.7 Å². The number of nitrogens with zero attached hydrogens (tertiary/aromatic N) is 1. The normalized spacial score (nSPS) is 18.5. The quantitative estimate of drug-likeness (QED) is 0.668. The van der Waals surface area contributed by atoms with Gasteiger partial charge in [-0.15, -0.1) is 0 Å². The van der Waals surface area contributed by atoms with Gasteiger partial charge in [0.05, 0.1) is 24.0 Å². The summed E-state index contributed by atoms with van der Waals surface area (Å²) in [4.78, 5) is 13.3. The van der Waals surface area contributed by atoms with Crippen LogP contribution in [0.4, 0.5) is 0 Å². The van der Waals surface area contributed by atoms with Gasteiger partial charge in [0, 0.05) is 13.1 Å². The lowest BCUT2D eigenvalue weighted by Gasteiger charge is -2.32. The first-order chi connectivity index (χ1) is 14.8. The SMILES string of the molecule is COc1ccc(S(=O)(=O)N2CCC[C@@H](C(=O)N[C@@H](CC(C)C)c3ccccc3)C2)cc1. The van der Waals surface area contributed by atoms with Crippen LogP contribution >= 0.6 is 0 Å². The molecule has 1 heterocycles. The molecule has 3 rings (SSSR count). The molecule has 31 heavy (non-hydrogen) atoms. The fraction of sp³-hybridized carbons (Fsp3) is 0.458. The van der Waals surface area contributed by atoms with Gasteiger partial charge in [0.15, 0.2) is 0 Å². The Bertz CT molecular complexity index is 959. The Morgan fingerprint density at radius 3 is 2.42 bits per heavy atom. The average molecular weight is 445 g/mol. The predicted octanol–water partition coefficient (Wildman–Crippen LogP) is 4.00. The number of hydrogen-bond acceptors (Lipinski definition) is 4. The molecule has 0 aliphatic carbocycles. The van der Waals surface area contributed by atoms with Crippen LogP contribution in [0.2, 0.25) is 0 Å². The van der Waals surface area contributed by atoms with E-state index in [2.05, 4.69) is 19.2 Å². The van der Waals surface area contributed by atoms with E-state index in [9.17, 15) is 13.2 Å². The molecule has 0 spiro atoms. The van der Waals surface area contributed by atoms with Crippen molar-refractivity contribution >= 4 is 15.9 Å². The number of carbonyl (C=O) groups is 1. The molecule has 0 unspecified atom stereocenters. The van der Waals surface area contributed by atoms with Crippen LogP contribution < -0.4 is 10.1 Å². The minimum Gasteiger partial charge on any atom is -0.497 e. The van der Waals surface area contributed by atoms with E-state index in [0.29, 0.717) is 31.1 Å². The largest absolute Gasteiger partial charge is 0.497 e. The van der Waals surface area contributed by atoms with Crippen LogP contribution in [0, 0.1) is 11.8 Å². The van der Waals surface area contributed by atoms with Crippen molar-refractivity contribution in [3.8, 4) is 5.75 Å². The number of carbonyl (C=O) groups excluding carboxylic acids is 1. The number of piperidine rings is 1. The number of benzene rings is 2. The fourth-order valence-corrected chi connectivity index (χ4v) is 5.52. The van der Waals surface area contributed by atoms with Gasteiger partial charge in [-0.3, -0.25) is 4.79 Å². The molecule has 1 aliphatic heterocycles. The zero-order valence-corrected chi connectivity index (χ0v) is 19.3. The van der Waals surface area contributed by atoms with Gasteiger partial charge >= 0.3 is 0 Å². The van der Waals surface area contributed by atoms with Crippen molar-refractivity contribution in [3.05, 3.63) is 60.2 Å². The molecule has 2 aromatic rings. The van der Waals surface area contributed by atoms with Crippen molar-refractivity contribution in [2.24, 2.45) is 11.8 Å². The van der Waals surface area contributed by atoms with E-state index < -0.39 is 10.0 Å². The second-order valence-corrected chi connectivity index (χ2v) is 10.4. The molecule has 1 aliphatic rings. The van der Waals surface area contributed by atoms with E-state index in [1.54, 1.807) is 31.4 Å². The van der Waals surface area contributed by atoms with Crippen LogP contribution in [-0.2, 0) is 14.8 Å². The summed E-state index contributed by atoms with van der Waals surface area (Å²) in [6, 6.07) is 16.2. The zero-order valence-electron chi connectivity index (χ0n) is 18.5. The molecule has 2 atom stereocenters. The smallest absolute Gasteiger partial charge is 0.243 e. The Morgan fingerprint density at radius 1 is 1.13 bits per heavy atom. The van der Waals surface area contributed by atoms with Gasteiger partial charge in [-0.2, -0.15) is 4.31 Å². The Kier molecular flexibility index (Phi) is 7.73. The van der Waals surface area contributed by atoms with Crippen molar-refractivity contribution < 1.29 is 17.9 Å². The van der Waals surface area contributed by atoms with Gasteiger partial charge in [-0.1, -0.05) is 44.2 Å². The second-order valence-electron chi connectivity index (χ2n) is 8.48. The minimum absolute atomic E-state index is 0.0795. The number of nitrogens with one attached hydrogen (secondary N) is 1. The van der Waals surface area contributed by atoms with Crippen LogP contribution in [0.3, 0.4) is 0 Å². The summed E-state index contributed by atoms with van der Waals surface area (Å²) in [5.74, 6) is 0.583. The van der Waals surface area contributed by atoms with Gasteiger partial charge in [0.1, 0.15) is 5.75 Å². The Morgan fingerprint density at radius 2 is 1.81 bits per heavy atom. The lowest BCUT2D eigenvalue weighted by atomic mass is 9.94. The molecule has 0 bridgehead atoms. The molecule has 1 fully saturated rings. The van der Waals surface area contributed by atoms with Crippen molar-refractivity contribution in [2.75, 3.05) is 20.2 Å².